The molecule has 6 atom stereocenters. The number of rotatable bonds is 9. The smallest absolute Gasteiger partial charge is 0.244 e. The third kappa shape index (κ3) is 6.34. The average Bonchev–Trinajstić information content (AvgIpc) is 3.97. The molecule has 8 rings (SSSR count). The number of nitrogens with zero attached hydrogens (tertiary/aromatic N) is 8. The zero-order chi connectivity index (χ0) is 35.9. The van der Waals surface area contributed by atoms with Gasteiger partial charge in [-0.3, -0.25) is 39.4 Å². The molecule has 0 spiro atoms. The van der Waals surface area contributed by atoms with Gasteiger partial charge in [0, 0.05) is 13.1 Å². The van der Waals surface area contributed by atoms with Crippen molar-refractivity contribution < 1.29 is 9.59 Å². The van der Waals surface area contributed by atoms with Crippen molar-refractivity contribution in [2.75, 3.05) is 41.3 Å². The van der Waals surface area contributed by atoms with Crippen LogP contribution in [0.25, 0.3) is 11.1 Å². The van der Waals surface area contributed by atoms with Gasteiger partial charge in [-0.25, -0.2) is 0 Å². The second-order valence-electron chi connectivity index (χ2n) is 14.8. The Morgan fingerprint density at radius 3 is 1.33 bits per heavy atom. The predicted octanol–water partition coefficient (Wildman–Crippen LogP) is 3.10. The summed E-state index contributed by atoms with van der Waals surface area (Å²) in [6.45, 7) is 1.43. The molecule has 266 valence electrons. The first kappa shape index (κ1) is 34.0. The minimum absolute atomic E-state index is 0.0745. The highest BCUT2D eigenvalue weighted by Crippen LogP contribution is 2.31. The zero-order valence-corrected chi connectivity index (χ0v) is 30.3. The minimum atomic E-state index is -0.352. The molecule has 4 aromatic carbocycles. The van der Waals surface area contributed by atoms with Crippen LogP contribution in [-0.2, 0) is 9.59 Å². The van der Waals surface area contributed by atoms with Crippen molar-refractivity contribution in [3.63, 3.8) is 0 Å². The van der Waals surface area contributed by atoms with Crippen LogP contribution in [0.15, 0.2) is 117 Å². The van der Waals surface area contributed by atoms with Crippen LogP contribution in [0.5, 0.6) is 0 Å². The monoisotopic (exact) mass is 694 g/mol. The molecule has 0 aliphatic carbocycles. The van der Waals surface area contributed by atoms with Crippen LogP contribution >= 0.6 is 0 Å². The van der Waals surface area contributed by atoms with E-state index in [4.69, 9.17) is 20.0 Å². The molecule has 4 aliphatic rings. The van der Waals surface area contributed by atoms with Gasteiger partial charge in [0.25, 0.3) is 0 Å². The quantitative estimate of drug-likeness (QED) is 0.269. The Morgan fingerprint density at radius 2 is 0.942 bits per heavy atom. The molecule has 10 heteroatoms. The predicted molar refractivity (Wildman–Crippen MR) is 199 cm³/mol. The number of benzene rings is 4. The molecule has 0 N–H and O–H groups in total. The van der Waals surface area contributed by atoms with Crippen molar-refractivity contribution in [1.82, 2.24) is 19.6 Å². The summed E-state index contributed by atoms with van der Waals surface area (Å²) in [4.78, 5) is 56.2. The summed E-state index contributed by atoms with van der Waals surface area (Å²) in [6, 6.07) is 31.6. The van der Waals surface area contributed by atoms with Crippen LogP contribution in [0.3, 0.4) is 0 Å². The van der Waals surface area contributed by atoms with Crippen LogP contribution in [0, 0.1) is 0 Å². The van der Waals surface area contributed by atoms with E-state index in [1.54, 1.807) is 0 Å². The SMILES string of the molecule is CN(C)[C@@H](C(=O)N1CCCC1C1N=c2ccc(-c3ccc4c(c3)=NC([C@@H]3CCCN3C(=O)[C@@H](c3ccccc3)N(C)C)N=4)cc2=N1)c1ccccc1. The third-order valence-electron chi connectivity index (χ3n) is 11.0. The number of hydrogen-bond acceptors (Lipinski definition) is 8. The number of carbonyl (C=O) groups is 2. The molecule has 10 nitrogen and oxygen atoms in total. The highest BCUT2D eigenvalue weighted by atomic mass is 16.2. The third-order valence-corrected chi connectivity index (χ3v) is 11.0. The summed E-state index contributed by atoms with van der Waals surface area (Å²) in [5.74, 6) is 0.204. The van der Waals surface area contributed by atoms with Gasteiger partial charge in [0.15, 0.2) is 12.3 Å². The van der Waals surface area contributed by atoms with Gasteiger partial charge in [0.05, 0.1) is 33.5 Å². The van der Waals surface area contributed by atoms with E-state index >= 15 is 0 Å². The van der Waals surface area contributed by atoms with Crippen molar-refractivity contribution in [1.29, 1.82) is 0 Å². The van der Waals surface area contributed by atoms with E-state index in [1.165, 1.54) is 0 Å². The lowest BCUT2D eigenvalue weighted by atomic mass is 10.0. The fourth-order valence-corrected chi connectivity index (χ4v) is 8.46. The van der Waals surface area contributed by atoms with Crippen molar-refractivity contribution in [2.24, 2.45) is 20.0 Å². The van der Waals surface area contributed by atoms with Gasteiger partial charge in [-0.05, 0) is 100 Å². The molecule has 52 heavy (non-hydrogen) atoms. The molecule has 0 bridgehead atoms. The largest absolute Gasteiger partial charge is 0.334 e. The Hall–Kier alpha value is -5.06. The van der Waals surface area contributed by atoms with Crippen LogP contribution in [0.4, 0.5) is 0 Å². The Bertz CT molecular complexity index is 2070. The summed E-state index contributed by atoms with van der Waals surface area (Å²) < 4.78 is 0. The van der Waals surface area contributed by atoms with Gasteiger partial charge >= 0.3 is 0 Å². The number of likely N-dealkylation sites (N-methyl/N-ethyl adjacent to an activating group) is 2. The van der Waals surface area contributed by atoms with Gasteiger partial charge in [0.1, 0.15) is 12.1 Å². The highest BCUT2D eigenvalue weighted by molar-refractivity contribution is 5.84. The first-order valence-corrected chi connectivity index (χ1v) is 18.4. The van der Waals surface area contributed by atoms with E-state index in [0.717, 1.165) is 69.4 Å². The van der Waals surface area contributed by atoms with Crippen molar-refractivity contribution in [3.05, 3.63) is 130 Å². The summed E-state index contributed by atoms with van der Waals surface area (Å²) >= 11 is 0. The fourth-order valence-electron chi connectivity index (χ4n) is 8.46. The van der Waals surface area contributed by atoms with Gasteiger partial charge in [-0.15, -0.1) is 0 Å². The second kappa shape index (κ2) is 14.2. The lowest BCUT2D eigenvalue weighted by Gasteiger charge is -2.33. The molecule has 0 radical (unpaired) electrons. The zero-order valence-electron chi connectivity index (χ0n) is 30.3. The number of carbonyl (C=O) groups excluding carboxylic acids is 2. The topological polar surface area (TPSA) is 96.5 Å². The van der Waals surface area contributed by atoms with Gasteiger partial charge in [0.2, 0.25) is 11.8 Å². The van der Waals surface area contributed by atoms with Gasteiger partial charge in [-0.1, -0.05) is 72.8 Å². The summed E-state index contributed by atoms with van der Waals surface area (Å²) in [6.07, 6.45) is 2.99. The average molecular weight is 695 g/mol. The van der Waals surface area contributed by atoms with E-state index in [-0.39, 0.29) is 48.3 Å². The fraction of sp³-hybridized carbons (Fsp3) is 0.381. The maximum Gasteiger partial charge on any atom is 0.244 e. The summed E-state index contributed by atoms with van der Waals surface area (Å²) in [5, 5.41) is 3.42. The lowest BCUT2D eigenvalue weighted by molar-refractivity contribution is -0.138. The van der Waals surface area contributed by atoms with Crippen molar-refractivity contribution in [3.8, 4) is 11.1 Å². The maximum absolute atomic E-state index is 14.0. The number of likely N-dealkylation sites (tertiary alicyclic amines) is 2. The lowest BCUT2D eigenvalue weighted by Crippen LogP contribution is -2.46. The Kier molecular flexibility index (Phi) is 9.27. The molecule has 3 unspecified atom stereocenters. The van der Waals surface area contributed by atoms with Crippen molar-refractivity contribution in [2.45, 2.75) is 62.2 Å². The normalized spacial score (nSPS) is 23.0. The Labute approximate surface area is 304 Å². The molecule has 0 aromatic heterocycles. The van der Waals surface area contributed by atoms with E-state index < -0.39 is 0 Å². The molecule has 4 aliphatic heterocycles. The minimum Gasteiger partial charge on any atom is -0.334 e. The molecule has 4 aromatic rings. The second-order valence-corrected chi connectivity index (χ2v) is 14.8. The van der Waals surface area contributed by atoms with E-state index in [9.17, 15) is 9.59 Å². The molecule has 2 saturated heterocycles. The molecule has 0 saturated carbocycles. The van der Waals surface area contributed by atoms with Crippen LogP contribution in [0.2, 0.25) is 0 Å². The van der Waals surface area contributed by atoms with E-state index in [1.807, 2.05) is 121 Å². The van der Waals surface area contributed by atoms with E-state index in [2.05, 4.69) is 24.3 Å². The standard InChI is InChI=1S/C42H46N8O2/c1-47(2)37(27-13-7-5-8-14-27)41(51)49-23-11-17-35(49)39-43-31-21-19-29(25-33(31)45-39)30-20-22-32-34(26-30)46-40(44-32)36-18-12-24-50(36)42(52)38(48(3)4)28-15-9-6-10-16-28/h5-10,13-16,19-22,25-26,35-40H,11-12,17-18,23-24H2,1-4H3/t35-,36?,37+,38+,39?,40?/m0/s1. The number of amides is 2. The maximum atomic E-state index is 14.0. The molecule has 2 fully saturated rings. The van der Waals surface area contributed by atoms with Crippen molar-refractivity contribution >= 4 is 11.8 Å². The number of hydrogen-bond donors (Lipinski definition) is 0. The summed E-state index contributed by atoms with van der Waals surface area (Å²) in [7, 11) is 7.84. The first-order valence-electron chi connectivity index (χ1n) is 18.4. The molecular formula is C42H46N8O2. The van der Waals surface area contributed by atoms with Gasteiger partial charge in [-0.2, -0.15) is 0 Å². The highest BCUT2D eigenvalue weighted by Gasteiger charge is 2.41. The van der Waals surface area contributed by atoms with Crippen LogP contribution in [-0.4, -0.2) is 97.1 Å². The molecular weight excluding hydrogens is 649 g/mol. The van der Waals surface area contributed by atoms with Crippen LogP contribution < -0.4 is 21.4 Å². The molecule has 4 heterocycles. The van der Waals surface area contributed by atoms with E-state index in [0.29, 0.717) is 13.1 Å². The summed E-state index contributed by atoms with van der Waals surface area (Å²) in [5.41, 5.74) is 4.05. The first-order chi connectivity index (χ1) is 25.3. The Balaban J connectivity index is 1.01. The van der Waals surface area contributed by atoms with Gasteiger partial charge < -0.3 is 9.80 Å². The van der Waals surface area contributed by atoms with Crippen LogP contribution in [0.1, 0.15) is 48.9 Å². The molecule has 2 amide bonds. The number of fused-ring (bicyclic) bond motifs is 2. The Morgan fingerprint density at radius 1 is 0.558 bits per heavy atom.